The van der Waals surface area contributed by atoms with Gasteiger partial charge in [0.1, 0.15) is 13.2 Å². The summed E-state index contributed by atoms with van der Waals surface area (Å²) >= 11 is 0. The Labute approximate surface area is 147 Å². The third-order valence-electron chi connectivity index (χ3n) is 3.77. The van der Waals surface area contributed by atoms with E-state index in [1.165, 1.54) is 16.8 Å². The van der Waals surface area contributed by atoms with Crippen LogP contribution in [0.25, 0.3) is 0 Å². The van der Waals surface area contributed by atoms with E-state index in [1.54, 1.807) is 31.3 Å². The Morgan fingerprint density at radius 1 is 0.960 bits per heavy atom. The Morgan fingerprint density at radius 3 is 2.20 bits per heavy atom. The zero-order valence-corrected chi connectivity index (χ0v) is 14.4. The molecule has 6 nitrogen and oxygen atoms in total. The van der Waals surface area contributed by atoms with Gasteiger partial charge in [-0.05, 0) is 23.3 Å². The lowest BCUT2D eigenvalue weighted by atomic mass is 10.2. The summed E-state index contributed by atoms with van der Waals surface area (Å²) in [6, 6.07) is 16.3. The van der Waals surface area contributed by atoms with Gasteiger partial charge in [-0.2, -0.15) is 0 Å². The summed E-state index contributed by atoms with van der Waals surface area (Å²) in [4.78, 5) is 27.0. The van der Waals surface area contributed by atoms with Gasteiger partial charge in [0.25, 0.3) is 0 Å². The molecule has 0 aliphatic heterocycles. The molecule has 0 radical (unpaired) electrons. The number of likely N-dealkylation sites (N-methyl/N-ethyl adjacent to an activating group) is 2. The molecule has 0 aromatic heterocycles. The largest absolute Gasteiger partial charge is 0.445 e. The maximum absolute atomic E-state index is 12.3. The van der Waals surface area contributed by atoms with Crippen molar-refractivity contribution in [3.05, 3.63) is 65.7 Å². The van der Waals surface area contributed by atoms with Crippen LogP contribution in [0.5, 0.6) is 0 Å². The first-order valence-electron chi connectivity index (χ1n) is 7.89. The van der Waals surface area contributed by atoms with Crippen molar-refractivity contribution in [3.63, 3.8) is 0 Å². The number of aliphatic hydroxyl groups excluding tert-OH is 1. The van der Waals surface area contributed by atoms with E-state index >= 15 is 0 Å². The van der Waals surface area contributed by atoms with E-state index in [4.69, 9.17) is 9.84 Å². The topological polar surface area (TPSA) is 70.1 Å². The molecule has 0 fully saturated rings. The van der Waals surface area contributed by atoms with Crippen molar-refractivity contribution in [3.8, 4) is 0 Å². The van der Waals surface area contributed by atoms with Crippen LogP contribution in [0.2, 0.25) is 0 Å². The van der Waals surface area contributed by atoms with Crippen LogP contribution >= 0.6 is 0 Å². The van der Waals surface area contributed by atoms with E-state index in [-0.39, 0.29) is 25.7 Å². The third-order valence-corrected chi connectivity index (χ3v) is 3.77. The highest BCUT2D eigenvalue weighted by Gasteiger charge is 2.18. The van der Waals surface area contributed by atoms with Gasteiger partial charge >= 0.3 is 6.09 Å². The van der Waals surface area contributed by atoms with Crippen molar-refractivity contribution in [1.29, 1.82) is 0 Å². The number of ether oxygens (including phenoxy) is 1. The summed E-state index contributed by atoms with van der Waals surface area (Å²) in [5, 5.41) is 9.05. The number of hydrogen-bond donors (Lipinski definition) is 1. The van der Waals surface area contributed by atoms with Gasteiger partial charge in [0.15, 0.2) is 0 Å². The van der Waals surface area contributed by atoms with E-state index < -0.39 is 6.09 Å². The summed E-state index contributed by atoms with van der Waals surface area (Å²) in [6.45, 7) is 0.0243. The molecule has 0 saturated heterocycles. The number of aliphatic hydroxyl groups is 1. The molecular weight excluding hydrogens is 320 g/mol. The van der Waals surface area contributed by atoms with Gasteiger partial charge < -0.3 is 19.6 Å². The van der Waals surface area contributed by atoms with Gasteiger partial charge in [0, 0.05) is 19.8 Å². The van der Waals surface area contributed by atoms with Crippen molar-refractivity contribution in [2.45, 2.75) is 13.2 Å². The molecule has 0 unspecified atom stereocenters. The highest BCUT2D eigenvalue weighted by atomic mass is 16.6. The first kappa shape index (κ1) is 18.5. The fraction of sp³-hybridized carbons (Fsp3) is 0.263. The smallest absolute Gasteiger partial charge is 0.410 e. The predicted octanol–water partition coefficient (Wildman–Crippen LogP) is 2.41. The number of nitrogens with zero attached hydrogens (tertiary/aromatic N) is 2. The summed E-state index contributed by atoms with van der Waals surface area (Å²) in [5.41, 5.74) is 2.34. The van der Waals surface area contributed by atoms with Crippen molar-refractivity contribution >= 4 is 17.7 Å². The summed E-state index contributed by atoms with van der Waals surface area (Å²) < 4.78 is 5.19. The zero-order chi connectivity index (χ0) is 18.2. The Balaban J connectivity index is 1.86. The lowest BCUT2D eigenvalue weighted by Gasteiger charge is -2.22. The fourth-order valence-corrected chi connectivity index (χ4v) is 2.17. The van der Waals surface area contributed by atoms with E-state index in [2.05, 4.69) is 0 Å². The number of benzene rings is 2. The Morgan fingerprint density at radius 2 is 1.60 bits per heavy atom. The van der Waals surface area contributed by atoms with Crippen LogP contribution in [0, 0.1) is 0 Å². The van der Waals surface area contributed by atoms with E-state index in [0.29, 0.717) is 5.69 Å². The van der Waals surface area contributed by atoms with Gasteiger partial charge in [0.2, 0.25) is 5.91 Å². The normalized spacial score (nSPS) is 10.2. The molecule has 2 rings (SSSR count). The van der Waals surface area contributed by atoms with Crippen molar-refractivity contribution in [2.75, 3.05) is 25.5 Å². The molecule has 0 aliphatic carbocycles. The average Bonchev–Trinajstić information content (AvgIpc) is 2.66. The maximum Gasteiger partial charge on any atom is 0.410 e. The standard InChI is InChI=1S/C19H22N2O4/c1-20(19(24)25-14-16-6-4-3-5-7-16)12-18(23)21(2)17-10-8-15(13-22)9-11-17/h3-11,22H,12-14H2,1-2H3. The second-order valence-electron chi connectivity index (χ2n) is 5.67. The van der Waals surface area contributed by atoms with Gasteiger partial charge in [-0.3, -0.25) is 4.79 Å². The lowest BCUT2D eigenvalue weighted by molar-refractivity contribution is -0.119. The van der Waals surface area contributed by atoms with Crippen LogP contribution in [-0.4, -0.2) is 42.6 Å². The molecule has 0 heterocycles. The fourth-order valence-electron chi connectivity index (χ4n) is 2.17. The number of amides is 2. The molecule has 1 N–H and O–H groups in total. The predicted molar refractivity (Wildman–Crippen MR) is 95.0 cm³/mol. The van der Waals surface area contributed by atoms with Crippen LogP contribution in [0.3, 0.4) is 0 Å². The molecule has 0 atom stereocenters. The Bertz CT molecular complexity index is 701. The third kappa shape index (κ3) is 5.32. The SMILES string of the molecule is CN(CC(=O)N(C)c1ccc(CO)cc1)C(=O)OCc1ccccc1. The Kier molecular flexibility index (Phi) is 6.54. The number of carbonyl (C=O) groups is 2. The van der Waals surface area contributed by atoms with Crippen molar-refractivity contribution < 1.29 is 19.4 Å². The molecule has 2 amide bonds. The van der Waals surface area contributed by atoms with Gasteiger partial charge in [-0.1, -0.05) is 42.5 Å². The molecule has 25 heavy (non-hydrogen) atoms. The van der Waals surface area contributed by atoms with Gasteiger partial charge in [-0.25, -0.2) is 4.79 Å². The number of rotatable bonds is 6. The minimum Gasteiger partial charge on any atom is -0.445 e. The van der Waals surface area contributed by atoms with Crippen LogP contribution in [-0.2, 0) is 22.7 Å². The summed E-state index contributed by atoms with van der Waals surface area (Å²) in [6.07, 6.45) is -0.554. The molecule has 0 saturated carbocycles. The molecule has 2 aromatic rings. The van der Waals surface area contributed by atoms with E-state index in [0.717, 1.165) is 11.1 Å². The summed E-state index contributed by atoms with van der Waals surface area (Å²) in [7, 11) is 3.16. The van der Waals surface area contributed by atoms with Crippen LogP contribution in [0.4, 0.5) is 10.5 Å². The minimum absolute atomic E-state index is 0.0477. The van der Waals surface area contributed by atoms with E-state index in [9.17, 15) is 9.59 Å². The van der Waals surface area contributed by atoms with Crippen LogP contribution < -0.4 is 4.90 Å². The van der Waals surface area contributed by atoms with Gasteiger partial charge in [-0.15, -0.1) is 0 Å². The molecule has 0 bridgehead atoms. The zero-order valence-electron chi connectivity index (χ0n) is 14.4. The number of anilines is 1. The second kappa shape index (κ2) is 8.84. The van der Waals surface area contributed by atoms with Gasteiger partial charge in [0.05, 0.1) is 6.61 Å². The van der Waals surface area contributed by atoms with Crippen LogP contribution in [0.1, 0.15) is 11.1 Å². The van der Waals surface area contributed by atoms with E-state index in [1.807, 2.05) is 30.3 Å². The Hall–Kier alpha value is -2.86. The quantitative estimate of drug-likeness (QED) is 0.875. The lowest BCUT2D eigenvalue weighted by Crippen LogP contribution is -2.39. The summed E-state index contributed by atoms with van der Waals surface area (Å²) in [5.74, 6) is -0.240. The van der Waals surface area contributed by atoms with Crippen molar-refractivity contribution in [2.24, 2.45) is 0 Å². The van der Waals surface area contributed by atoms with Crippen LogP contribution in [0.15, 0.2) is 54.6 Å². The molecule has 6 heteroatoms. The minimum atomic E-state index is -0.554. The maximum atomic E-state index is 12.3. The first-order chi connectivity index (χ1) is 12.0. The molecular formula is C19H22N2O4. The monoisotopic (exact) mass is 342 g/mol. The second-order valence-corrected chi connectivity index (χ2v) is 5.67. The first-order valence-corrected chi connectivity index (χ1v) is 7.89. The highest BCUT2D eigenvalue weighted by Crippen LogP contribution is 2.14. The van der Waals surface area contributed by atoms with Crippen molar-refractivity contribution in [1.82, 2.24) is 4.90 Å². The number of carbonyl (C=O) groups excluding carboxylic acids is 2. The molecule has 0 spiro atoms. The molecule has 2 aromatic carbocycles. The molecule has 0 aliphatic rings. The average molecular weight is 342 g/mol. The molecule has 132 valence electrons. The highest BCUT2D eigenvalue weighted by molar-refractivity contribution is 5.95. The number of hydrogen-bond acceptors (Lipinski definition) is 4.